The molecule has 0 aliphatic rings. The lowest BCUT2D eigenvalue weighted by atomic mass is 10.5. The summed E-state index contributed by atoms with van der Waals surface area (Å²) in [5.74, 6) is -0.718. The zero-order valence-corrected chi connectivity index (χ0v) is 10.5. The maximum Gasteiger partial charge on any atom is 0.543 e. The number of rotatable bonds is 7. The van der Waals surface area contributed by atoms with E-state index in [0.717, 1.165) is 0 Å². The first-order valence-electron chi connectivity index (χ1n) is 4.55. The third kappa shape index (κ3) is 3.54. The molecular formula is C8H18O6Si. The van der Waals surface area contributed by atoms with Gasteiger partial charge in [-0.25, -0.2) is 4.79 Å². The summed E-state index contributed by atoms with van der Waals surface area (Å²) < 4.78 is 20.5. The molecule has 0 radical (unpaired) electrons. The van der Waals surface area contributed by atoms with Gasteiger partial charge in [-0.2, -0.15) is 0 Å². The molecule has 0 aromatic carbocycles. The van der Waals surface area contributed by atoms with Gasteiger partial charge < -0.3 is 23.1 Å². The smallest absolute Gasteiger partial charge is 0.456 e. The minimum atomic E-state index is -2.98. The van der Waals surface area contributed by atoms with Gasteiger partial charge in [0, 0.05) is 21.3 Å². The van der Waals surface area contributed by atoms with E-state index in [9.17, 15) is 4.79 Å². The molecule has 0 aromatic rings. The van der Waals surface area contributed by atoms with Gasteiger partial charge in [-0.15, -0.1) is 0 Å². The lowest BCUT2D eigenvalue weighted by Gasteiger charge is -2.30. The van der Waals surface area contributed by atoms with E-state index in [4.69, 9.17) is 23.1 Å². The minimum absolute atomic E-state index is 0.494. The van der Waals surface area contributed by atoms with E-state index in [-0.39, 0.29) is 0 Å². The summed E-state index contributed by atoms with van der Waals surface area (Å²) in [6.45, 7) is 1.15. The summed E-state index contributed by atoms with van der Waals surface area (Å²) >= 11 is 0. The summed E-state index contributed by atoms with van der Waals surface area (Å²) in [6, 6.07) is 0. The quantitative estimate of drug-likeness (QED) is 0.485. The first-order chi connectivity index (χ1) is 7.10. The van der Waals surface area contributed by atoms with Crippen molar-refractivity contribution >= 4 is 14.8 Å². The highest BCUT2D eigenvalue weighted by Crippen LogP contribution is 2.18. The second kappa shape index (κ2) is 6.91. The van der Waals surface area contributed by atoms with E-state index >= 15 is 0 Å². The Morgan fingerprint density at radius 2 is 1.73 bits per heavy atom. The van der Waals surface area contributed by atoms with Crippen molar-refractivity contribution in [3.05, 3.63) is 0 Å². The maximum atomic E-state index is 11.0. The second-order valence-corrected chi connectivity index (χ2v) is 5.84. The van der Waals surface area contributed by atoms with Crippen molar-refractivity contribution in [1.29, 1.82) is 0 Å². The zero-order valence-electron chi connectivity index (χ0n) is 9.48. The number of carbonyl (C=O) groups is 1. The summed E-state index contributed by atoms with van der Waals surface area (Å²) in [5.41, 5.74) is -0.600. The van der Waals surface area contributed by atoms with Crippen molar-refractivity contribution in [3.8, 4) is 0 Å². The molecule has 0 bridgehead atoms. The molecule has 0 heterocycles. The maximum absolute atomic E-state index is 11.0. The summed E-state index contributed by atoms with van der Waals surface area (Å²) in [5, 5.41) is 8.58. The molecule has 0 rings (SSSR count). The third-order valence-corrected chi connectivity index (χ3v) is 5.04. The lowest BCUT2D eigenvalue weighted by Crippen LogP contribution is -2.56. The molecule has 0 aliphatic heterocycles. The van der Waals surface area contributed by atoms with Crippen LogP contribution in [0.15, 0.2) is 0 Å². The summed E-state index contributed by atoms with van der Waals surface area (Å²) in [4.78, 5) is 11.0. The molecular weight excluding hydrogens is 220 g/mol. The number of aliphatic hydroxyl groups is 1. The molecule has 1 unspecified atom stereocenters. The molecule has 7 heteroatoms. The summed E-state index contributed by atoms with van der Waals surface area (Å²) in [6.07, 6.45) is 0.494. The summed E-state index contributed by atoms with van der Waals surface area (Å²) in [7, 11) is 1.34. The van der Waals surface area contributed by atoms with Gasteiger partial charge in [0.15, 0.2) is 5.73 Å². The number of carbonyl (C=O) groups excluding carboxylic acids is 1. The highest BCUT2D eigenvalue weighted by atomic mass is 28.4. The van der Waals surface area contributed by atoms with Crippen LogP contribution in [0.3, 0.4) is 0 Å². The van der Waals surface area contributed by atoms with Crippen LogP contribution in [0.2, 0.25) is 0 Å². The predicted molar refractivity (Wildman–Crippen MR) is 54.0 cm³/mol. The van der Waals surface area contributed by atoms with Gasteiger partial charge in [0.25, 0.3) is 0 Å². The van der Waals surface area contributed by atoms with Crippen LogP contribution in [-0.4, -0.2) is 53.5 Å². The van der Waals surface area contributed by atoms with Crippen molar-refractivity contribution < 1.29 is 27.9 Å². The number of esters is 1. The fraction of sp³-hybridized carbons (Fsp3) is 0.875. The molecule has 0 fully saturated rings. The first-order valence-corrected chi connectivity index (χ1v) is 6.36. The third-order valence-electron chi connectivity index (χ3n) is 2.02. The SMILES string of the molecule is CCC(OC(=O)CO)[Si](OC)(OC)OC. The van der Waals surface area contributed by atoms with Crippen molar-refractivity contribution in [3.63, 3.8) is 0 Å². The molecule has 90 valence electrons. The van der Waals surface area contributed by atoms with Gasteiger partial charge in [-0.05, 0) is 6.42 Å². The molecule has 1 atom stereocenters. The van der Waals surface area contributed by atoms with Crippen LogP contribution >= 0.6 is 0 Å². The van der Waals surface area contributed by atoms with E-state index in [1.54, 1.807) is 0 Å². The average Bonchev–Trinajstić information content (AvgIpc) is 2.29. The van der Waals surface area contributed by atoms with Crippen LogP contribution in [0.1, 0.15) is 13.3 Å². The van der Waals surface area contributed by atoms with Gasteiger partial charge in [-0.3, -0.25) is 0 Å². The molecule has 1 N–H and O–H groups in total. The van der Waals surface area contributed by atoms with Crippen LogP contribution in [0.5, 0.6) is 0 Å². The van der Waals surface area contributed by atoms with Crippen LogP contribution < -0.4 is 0 Å². The Morgan fingerprint density at radius 3 is 2.00 bits per heavy atom. The minimum Gasteiger partial charge on any atom is -0.456 e. The lowest BCUT2D eigenvalue weighted by molar-refractivity contribution is -0.152. The fourth-order valence-electron chi connectivity index (χ4n) is 1.25. The Labute approximate surface area is 90.5 Å². The van der Waals surface area contributed by atoms with E-state index in [1.807, 2.05) is 6.92 Å². The number of hydrogen-bond acceptors (Lipinski definition) is 6. The van der Waals surface area contributed by atoms with E-state index < -0.39 is 27.1 Å². The monoisotopic (exact) mass is 238 g/mol. The average molecular weight is 238 g/mol. The number of ether oxygens (including phenoxy) is 1. The van der Waals surface area contributed by atoms with E-state index in [0.29, 0.717) is 6.42 Å². The Morgan fingerprint density at radius 1 is 1.27 bits per heavy atom. The Balaban J connectivity index is 4.66. The molecule has 0 saturated carbocycles. The van der Waals surface area contributed by atoms with Crippen molar-refractivity contribution in [1.82, 2.24) is 0 Å². The standard InChI is InChI=1S/C8H18O6Si/c1-5-8(14-7(10)6-9)15(11-2,12-3)13-4/h8-9H,5-6H2,1-4H3. The van der Waals surface area contributed by atoms with Gasteiger partial charge in [0.1, 0.15) is 6.61 Å². The zero-order chi connectivity index (χ0) is 11.9. The highest BCUT2D eigenvalue weighted by Gasteiger charge is 2.49. The van der Waals surface area contributed by atoms with Crippen molar-refractivity contribution in [2.75, 3.05) is 27.9 Å². The topological polar surface area (TPSA) is 74.2 Å². The molecule has 0 aliphatic carbocycles. The Bertz CT molecular complexity index is 185. The van der Waals surface area contributed by atoms with E-state index in [1.165, 1.54) is 21.3 Å². The number of aliphatic hydroxyl groups excluding tert-OH is 1. The van der Waals surface area contributed by atoms with Crippen LogP contribution in [0.25, 0.3) is 0 Å². The van der Waals surface area contributed by atoms with Crippen molar-refractivity contribution in [2.24, 2.45) is 0 Å². The van der Waals surface area contributed by atoms with Crippen LogP contribution in [0.4, 0.5) is 0 Å². The van der Waals surface area contributed by atoms with Gasteiger partial charge in [0.05, 0.1) is 0 Å². The molecule has 0 spiro atoms. The highest BCUT2D eigenvalue weighted by molar-refractivity contribution is 6.62. The molecule has 15 heavy (non-hydrogen) atoms. The Hall–Kier alpha value is -0.473. The molecule has 0 aromatic heterocycles. The van der Waals surface area contributed by atoms with Gasteiger partial charge >= 0.3 is 14.8 Å². The van der Waals surface area contributed by atoms with Crippen LogP contribution in [-0.2, 0) is 22.8 Å². The van der Waals surface area contributed by atoms with E-state index in [2.05, 4.69) is 0 Å². The molecule has 0 amide bonds. The Kier molecular flexibility index (Phi) is 6.69. The second-order valence-electron chi connectivity index (χ2n) is 2.76. The van der Waals surface area contributed by atoms with Gasteiger partial charge in [-0.1, -0.05) is 6.92 Å². The fourth-order valence-corrected chi connectivity index (χ4v) is 3.31. The number of hydrogen-bond donors (Lipinski definition) is 1. The van der Waals surface area contributed by atoms with Gasteiger partial charge in [0.2, 0.25) is 0 Å². The first kappa shape index (κ1) is 14.5. The normalized spacial score (nSPS) is 13.7. The van der Waals surface area contributed by atoms with Crippen LogP contribution in [0, 0.1) is 0 Å². The predicted octanol–water partition coefficient (Wildman–Crippen LogP) is -0.282. The largest absolute Gasteiger partial charge is 0.543 e. The molecule has 0 saturated heterocycles. The van der Waals surface area contributed by atoms with Crippen molar-refractivity contribution in [2.45, 2.75) is 19.1 Å². The molecule has 6 nitrogen and oxygen atoms in total.